The second-order valence-electron chi connectivity index (χ2n) is 10.2. The number of nitrogens with zero attached hydrogens (tertiary/aromatic N) is 6. The zero-order chi connectivity index (χ0) is 27.1. The van der Waals surface area contributed by atoms with E-state index in [1.807, 2.05) is 54.4 Å². The van der Waals surface area contributed by atoms with E-state index in [9.17, 15) is 4.79 Å². The monoisotopic (exact) mass is 524 g/mol. The van der Waals surface area contributed by atoms with E-state index in [1.165, 1.54) is 5.56 Å². The lowest BCUT2D eigenvalue weighted by molar-refractivity contribution is 0.179. The van der Waals surface area contributed by atoms with Crippen molar-refractivity contribution in [3.63, 3.8) is 0 Å². The minimum absolute atomic E-state index is 0.00933. The van der Waals surface area contributed by atoms with Crippen LogP contribution in [0.25, 0.3) is 27.6 Å². The average Bonchev–Trinajstić information content (AvgIpc) is 3.35. The van der Waals surface area contributed by atoms with E-state index in [1.54, 1.807) is 10.8 Å². The van der Waals surface area contributed by atoms with E-state index in [0.717, 1.165) is 37.2 Å². The summed E-state index contributed by atoms with van der Waals surface area (Å²) in [6.45, 7) is 4.51. The third-order valence-electron chi connectivity index (χ3n) is 7.46. The minimum Gasteiger partial charge on any atom is -0.488 e. The van der Waals surface area contributed by atoms with Crippen molar-refractivity contribution in [2.75, 3.05) is 37.8 Å². The van der Waals surface area contributed by atoms with Crippen molar-refractivity contribution in [1.82, 2.24) is 29.6 Å². The summed E-state index contributed by atoms with van der Waals surface area (Å²) in [6, 6.07) is 16.1. The number of nitrogen functional groups attached to an aromatic ring is 1. The number of anilines is 2. The van der Waals surface area contributed by atoms with Crippen LogP contribution in [0.5, 0.6) is 5.75 Å². The van der Waals surface area contributed by atoms with Gasteiger partial charge in [0.15, 0.2) is 11.5 Å². The molecule has 1 unspecified atom stereocenters. The van der Waals surface area contributed by atoms with E-state index < -0.39 is 0 Å². The minimum atomic E-state index is -0.276. The molecule has 200 valence electrons. The second-order valence-corrected chi connectivity index (χ2v) is 10.2. The Morgan fingerprint density at radius 2 is 1.95 bits per heavy atom. The molecule has 6 rings (SSSR count). The first-order valence-electron chi connectivity index (χ1n) is 13.2. The molecule has 2 aromatic carbocycles. The number of fused-ring (bicyclic) bond motifs is 4. The summed E-state index contributed by atoms with van der Waals surface area (Å²) in [7, 11) is 4.02. The predicted molar refractivity (Wildman–Crippen MR) is 154 cm³/mol. The average molecular weight is 525 g/mol. The highest BCUT2D eigenvalue weighted by Gasteiger charge is 2.23. The highest BCUT2D eigenvalue weighted by molar-refractivity contribution is 6.05. The normalized spacial score (nSPS) is 15.0. The summed E-state index contributed by atoms with van der Waals surface area (Å²) in [4.78, 5) is 27.5. The highest BCUT2D eigenvalue weighted by Crippen LogP contribution is 2.29. The van der Waals surface area contributed by atoms with Crippen molar-refractivity contribution < 1.29 is 4.74 Å². The van der Waals surface area contributed by atoms with Crippen LogP contribution in [0.3, 0.4) is 0 Å². The maximum Gasteiger partial charge on any atom is 0.270 e. The van der Waals surface area contributed by atoms with E-state index >= 15 is 0 Å². The number of nitrogens with two attached hydrogens (primary N) is 1. The molecule has 0 aliphatic carbocycles. The molecule has 10 nitrogen and oxygen atoms in total. The van der Waals surface area contributed by atoms with Crippen LogP contribution >= 0.6 is 0 Å². The first-order valence-corrected chi connectivity index (χ1v) is 13.2. The number of hydrogen-bond donors (Lipinski definition) is 2. The van der Waals surface area contributed by atoms with Crippen molar-refractivity contribution in [3.05, 3.63) is 76.2 Å². The first-order chi connectivity index (χ1) is 18.9. The summed E-state index contributed by atoms with van der Waals surface area (Å²) in [5.74, 6) is 1.59. The van der Waals surface area contributed by atoms with Gasteiger partial charge in [-0.15, -0.1) is 0 Å². The first kappa shape index (κ1) is 24.9. The van der Waals surface area contributed by atoms with Gasteiger partial charge in [-0.1, -0.05) is 37.3 Å². The third kappa shape index (κ3) is 4.57. The Morgan fingerprint density at radius 1 is 1.15 bits per heavy atom. The van der Waals surface area contributed by atoms with Crippen molar-refractivity contribution in [2.45, 2.75) is 32.4 Å². The van der Waals surface area contributed by atoms with Gasteiger partial charge in [-0.2, -0.15) is 10.1 Å². The lowest BCUT2D eigenvalue weighted by Crippen LogP contribution is -2.36. The van der Waals surface area contributed by atoms with Crippen molar-refractivity contribution >= 4 is 33.7 Å². The third-order valence-corrected chi connectivity index (χ3v) is 7.46. The standard InChI is InChI=1S/C29H32N8O2/c1-4-35(2)16-18-9-12-20(13-10-18)37-27-22(25-24(28(37)38)26(30)34-33-25)15-31-29(32-27)36(3)17-21-14-11-19-7-5-6-8-23(19)39-21/h5-10,12-13,15,21H,4,11,14,16-17H2,1-3H3,(H3,30,33,34). The van der Waals surface area contributed by atoms with Crippen LogP contribution < -0.4 is 20.9 Å². The molecule has 3 N–H and O–H groups in total. The fourth-order valence-electron chi connectivity index (χ4n) is 5.18. The zero-order valence-electron chi connectivity index (χ0n) is 22.4. The maximum absolute atomic E-state index is 13.8. The molecule has 0 amide bonds. The number of ether oxygens (including phenoxy) is 1. The molecule has 0 saturated heterocycles. The van der Waals surface area contributed by atoms with E-state index in [4.69, 9.17) is 15.5 Å². The van der Waals surface area contributed by atoms with Crippen LogP contribution in [0.15, 0.2) is 59.5 Å². The van der Waals surface area contributed by atoms with Crippen LogP contribution in [0.1, 0.15) is 24.5 Å². The van der Waals surface area contributed by atoms with Crippen molar-refractivity contribution in [2.24, 2.45) is 0 Å². The molecule has 10 heteroatoms. The van der Waals surface area contributed by atoms with Crippen LogP contribution in [0.2, 0.25) is 0 Å². The van der Waals surface area contributed by atoms with Crippen molar-refractivity contribution in [1.29, 1.82) is 0 Å². The summed E-state index contributed by atoms with van der Waals surface area (Å²) >= 11 is 0. The Morgan fingerprint density at radius 3 is 2.74 bits per heavy atom. The van der Waals surface area contributed by atoms with Crippen LogP contribution in [-0.4, -0.2) is 62.9 Å². The van der Waals surface area contributed by atoms with E-state index in [-0.39, 0.29) is 17.5 Å². The van der Waals surface area contributed by atoms with Gasteiger partial charge in [0.05, 0.1) is 23.1 Å². The number of rotatable bonds is 7. The van der Waals surface area contributed by atoms with Gasteiger partial charge in [-0.25, -0.2) is 4.98 Å². The summed E-state index contributed by atoms with van der Waals surface area (Å²) in [5, 5.41) is 8.01. The number of hydrogen-bond acceptors (Lipinski definition) is 8. The Bertz CT molecular complexity index is 1710. The fraction of sp³-hybridized carbons (Fsp3) is 0.310. The molecule has 1 aliphatic rings. The summed E-state index contributed by atoms with van der Waals surface area (Å²) < 4.78 is 7.85. The van der Waals surface area contributed by atoms with Crippen LogP contribution in [0.4, 0.5) is 11.8 Å². The molecule has 3 aromatic heterocycles. The van der Waals surface area contributed by atoms with Crippen LogP contribution in [-0.2, 0) is 13.0 Å². The molecule has 0 bridgehead atoms. The Kier molecular flexibility index (Phi) is 6.40. The van der Waals surface area contributed by atoms with Gasteiger partial charge in [0.25, 0.3) is 5.56 Å². The zero-order valence-corrected chi connectivity index (χ0v) is 22.4. The number of benzene rings is 2. The lowest BCUT2D eigenvalue weighted by Gasteiger charge is -2.29. The number of aryl methyl sites for hydroxylation is 1. The molecule has 0 saturated carbocycles. The van der Waals surface area contributed by atoms with Gasteiger partial charge in [0.2, 0.25) is 5.95 Å². The molecule has 39 heavy (non-hydrogen) atoms. The van der Waals surface area contributed by atoms with E-state index in [0.29, 0.717) is 40.1 Å². The van der Waals surface area contributed by atoms with Gasteiger partial charge in [0.1, 0.15) is 17.2 Å². The number of nitrogens with one attached hydrogen (secondary N) is 1. The Labute approximate surface area is 226 Å². The largest absolute Gasteiger partial charge is 0.488 e. The van der Waals surface area contributed by atoms with E-state index in [2.05, 4.69) is 40.1 Å². The summed E-state index contributed by atoms with van der Waals surface area (Å²) in [5.41, 5.74) is 9.94. The lowest BCUT2D eigenvalue weighted by atomic mass is 10.0. The number of H-pyrrole nitrogens is 1. The molecule has 1 aliphatic heterocycles. The van der Waals surface area contributed by atoms with Gasteiger partial charge >= 0.3 is 0 Å². The van der Waals surface area contributed by atoms with Gasteiger partial charge in [0, 0.05) is 19.8 Å². The summed E-state index contributed by atoms with van der Waals surface area (Å²) in [6.07, 6.45) is 3.62. The van der Waals surface area contributed by atoms with Gasteiger partial charge in [-0.3, -0.25) is 14.5 Å². The number of para-hydroxylation sites is 1. The molecule has 0 fully saturated rings. The van der Waals surface area contributed by atoms with Crippen LogP contribution in [0, 0.1) is 0 Å². The Hall–Kier alpha value is -4.44. The molecule has 0 radical (unpaired) electrons. The van der Waals surface area contributed by atoms with Crippen molar-refractivity contribution in [3.8, 4) is 11.4 Å². The smallest absolute Gasteiger partial charge is 0.270 e. The van der Waals surface area contributed by atoms with Gasteiger partial charge in [-0.05, 0) is 55.8 Å². The second kappa shape index (κ2) is 10.0. The molecule has 4 heterocycles. The SMILES string of the molecule is CCN(C)Cc1ccc(-n2c(=O)c3c(N)n[nH]c3c3cnc(N(C)CC4CCc5ccccc5O4)nc32)cc1. The predicted octanol–water partition coefficient (Wildman–Crippen LogP) is 3.52. The molecular formula is C29H32N8O2. The molecule has 1 atom stereocenters. The number of aromatic amines is 1. The number of pyridine rings is 1. The highest BCUT2D eigenvalue weighted by atomic mass is 16.5. The molecule has 5 aromatic rings. The Balaban J connectivity index is 1.39. The number of aromatic nitrogens is 5. The topological polar surface area (TPSA) is 118 Å². The quantitative estimate of drug-likeness (QED) is 0.332. The van der Waals surface area contributed by atoms with Gasteiger partial charge < -0.3 is 20.3 Å². The number of likely N-dealkylation sites (N-methyl/N-ethyl adjacent to an activating group) is 1. The molecular weight excluding hydrogens is 492 g/mol. The maximum atomic E-state index is 13.8. The fourth-order valence-corrected chi connectivity index (χ4v) is 5.18. The molecule has 0 spiro atoms.